The van der Waals surface area contributed by atoms with Crippen molar-refractivity contribution in [2.45, 2.75) is 44.4 Å². The average Bonchev–Trinajstić information content (AvgIpc) is 2.76. The lowest BCUT2D eigenvalue weighted by atomic mass is 10.1. The Morgan fingerprint density at radius 3 is 2.70 bits per heavy atom. The van der Waals surface area contributed by atoms with Crippen molar-refractivity contribution in [1.29, 1.82) is 0 Å². The van der Waals surface area contributed by atoms with Crippen LogP contribution in [-0.2, 0) is 22.1 Å². The Balaban J connectivity index is 1.75. The highest BCUT2D eigenvalue weighted by Gasteiger charge is 2.35. The lowest BCUT2D eigenvalue weighted by Crippen LogP contribution is -2.21. The molecular formula is C23H23ClF3NO4S. The highest BCUT2D eigenvalue weighted by Crippen LogP contribution is 2.35. The summed E-state index contributed by atoms with van der Waals surface area (Å²) in [5, 5.41) is 11.9. The molecule has 33 heavy (non-hydrogen) atoms. The van der Waals surface area contributed by atoms with Crippen LogP contribution < -0.4 is 10.1 Å². The maximum absolute atomic E-state index is 13.8. The largest absolute Gasteiger partial charge is 0.493 e. The zero-order chi connectivity index (χ0) is 24.0. The summed E-state index contributed by atoms with van der Waals surface area (Å²) in [5.74, 6) is -0.956. The van der Waals surface area contributed by atoms with E-state index in [1.807, 2.05) is 0 Å². The van der Waals surface area contributed by atoms with Gasteiger partial charge in [0.2, 0.25) is 0 Å². The SMILES string of the molecule is O=C(O)Cc1ccc(Cl)c(NC(=S)c2ccc(OCCC3CCCCO3)cc2C(F)(F)F)c1. The van der Waals surface area contributed by atoms with E-state index in [9.17, 15) is 18.0 Å². The van der Waals surface area contributed by atoms with Gasteiger partial charge >= 0.3 is 12.1 Å². The van der Waals surface area contributed by atoms with Crippen LogP contribution in [0.1, 0.15) is 42.4 Å². The zero-order valence-corrected chi connectivity index (χ0v) is 19.2. The number of aliphatic carboxylic acids is 1. The van der Waals surface area contributed by atoms with Gasteiger partial charge in [-0.3, -0.25) is 4.79 Å². The van der Waals surface area contributed by atoms with E-state index in [1.54, 1.807) is 0 Å². The molecule has 0 saturated carbocycles. The molecule has 1 atom stereocenters. The summed E-state index contributed by atoms with van der Waals surface area (Å²) in [4.78, 5) is 10.7. The number of hydrogen-bond acceptors (Lipinski definition) is 4. The molecule has 178 valence electrons. The molecule has 10 heteroatoms. The first-order valence-electron chi connectivity index (χ1n) is 10.4. The summed E-state index contributed by atoms with van der Waals surface area (Å²) in [7, 11) is 0. The third kappa shape index (κ3) is 7.31. The fourth-order valence-electron chi connectivity index (χ4n) is 3.53. The number of thiocarbonyl (C=S) groups is 1. The standard InChI is InChI=1S/C23H23ClF3NO4S/c24-19-7-4-14(12-21(29)30)11-20(19)28-22(33)17-6-5-16(13-18(17)23(25,26)27)32-10-8-15-3-1-2-9-31-15/h4-7,11,13,15H,1-3,8-10,12H2,(H,28,33)(H,29,30). The molecule has 0 spiro atoms. The molecule has 1 fully saturated rings. The van der Waals surface area contributed by atoms with Crippen LogP contribution in [0.4, 0.5) is 18.9 Å². The van der Waals surface area contributed by atoms with Crippen LogP contribution in [0.25, 0.3) is 0 Å². The van der Waals surface area contributed by atoms with Crippen molar-refractivity contribution in [3.05, 3.63) is 58.1 Å². The molecule has 1 aliphatic heterocycles. The molecule has 2 aromatic rings. The van der Waals surface area contributed by atoms with Gasteiger partial charge in [-0.15, -0.1) is 0 Å². The monoisotopic (exact) mass is 501 g/mol. The van der Waals surface area contributed by atoms with E-state index >= 15 is 0 Å². The van der Waals surface area contributed by atoms with E-state index in [0.717, 1.165) is 25.3 Å². The summed E-state index contributed by atoms with van der Waals surface area (Å²) in [6, 6.07) is 8.04. The van der Waals surface area contributed by atoms with E-state index in [0.29, 0.717) is 18.6 Å². The van der Waals surface area contributed by atoms with Crippen molar-refractivity contribution < 1.29 is 32.5 Å². The van der Waals surface area contributed by atoms with Gasteiger partial charge in [0.05, 0.1) is 35.4 Å². The second-order valence-electron chi connectivity index (χ2n) is 7.67. The van der Waals surface area contributed by atoms with Gasteiger partial charge in [-0.2, -0.15) is 13.2 Å². The first kappa shape index (κ1) is 25.3. The van der Waals surface area contributed by atoms with E-state index in [4.69, 9.17) is 38.4 Å². The molecule has 1 saturated heterocycles. The van der Waals surface area contributed by atoms with E-state index in [-0.39, 0.29) is 46.1 Å². The molecule has 0 radical (unpaired) electrons. The topological polar surface area (TPSA) is 67.8 Å². The zero-order valence-electron chi connectivity index (χ0n) is 17.6. The summed E-state index contributed by atoms with van der Waals surface area (Å²) in [5.41, 5.74) is -0.523. The average molecular weight is 502 g/mol. The van der Waals surface area contributed by atoms with E-state index in [2.05, 4.69) is 5.32 Å². The Labute approximate surface area is 199 Å². The molecule has 2 N–H and O–H groups in total. The Bertz CT molecular complexity index is 1010. The van der Waals surface area contributed by atoms with E-state index in [1.165, 1.54) is 30.3 Å². The molecule has 0 aromatic heterocycles. The van der Waals surface area contributed by atoms with Crippen LogP contribution in [0.3, 0.4) is 0 Å². The van der Waals surface area contributed by atoms with Crippen LogP contribution in [0.2, 0.25) is 5.02 Å². The predicted octanol–water partition coefficient (Wildman–Crippen LogP) is 6.11. The second-order valence-corrected chi connectivity index (χ2v) is 8.49. The quantitative estimate of drug-likeness (QED) is 0.425. The number of rotatable bonds is 8. The minimum absolute atomic E-state index is 0.0681. The molecule has 1 unspecified atom stereocenters. The van der Waals surface area contributed by atoms with Crippen molar-refractivity contribution in [2.24, 2.45) is 0 Å². The lowest BCUT2D eigenvalue weighted by molar-refractivity contribution is -0.138. The lowest BCUT2D eigenvalue weighted by Gasteiger charge is -2.22. The third-order valence-electron chi connectivity index (χ3n) is 5.16. The molecule has 1 aliphatic rings. The molecule has 1 heterocycles. The molecule has 0 aliphatic carbocycles. The fourth-order valence-corrected chi connectivity index (χ4v) is 3.98. The molecular weight excluding hydrogens is 479 g/mol. The second kappa shape index (κ2) is 11.2. The smallest absolute Gasteiger partial charge is 0.417 e. The third-order valence-corrected chi connectivity index (χ3v) is 5.81. The van der Waals surface area contributed by atoms with Gasteiger partial charge in [0.15, 0.2) is 0 Å². The van der Waals surface area contributed by atoms with Gasteiger partial charge in [-0.1, -0.05) is 29.9 Å². The number of ether oxygens (including phenoxy) is 2. The number of carbonyl (C=O) groups is 1. The van der Waals surface area contributed by atoms with Crippen LogP contribution in [0, 0.1) is 0 Å². The van der Waals surface area contributed by atoms with Crippen LogP contribution in [0.15, 0.2) is 36.4 Å². The van der Waals surface area contributed by atoms with Gasteiger partial charge in [0.1, 0.15) is 10.7 Å². The Kier molecular flexibility index (Phi) is 8.56. The summed E-state index contributed by atoms with van der Waals surface area (Å²) < 4.78 is 52.5. The number of nitrogens with one attached hydrogen (secondary N) is 1. The minimum Gasteiger partial charge on any atom is -0.493 e. The number of hydrogen-bond donors (Lipinski definition) is 2. The van der Waals surface area contributed by atoms with Crippen LogP contribution >= 0.6 is 23.8 Å². The summed E-state index contributed by atoms with van der Waals surface area (Å²) >= 11 is 11.3. The Hall–Kier alpha value is -2.36. The highest BCUT2D eigenvalue weighted by molar-refractivity contribution is 7.81. The van der Waals surface area contributed by atoms with E-state index < -0.39 is 17.7 Å². The van der Waals surface area contributed by atoms with Crippen LogP contribution in [0.5, 0.6) is 5.75 Å². The Morgan fingerprint density at radius 2 is 2.03 bits per heavy atom. The number of carboxylic acids is 1. The number of carboxylic acid groups (broad SMARTS) is 1. The number of alkyl halides is 3. The van der Waals surface area contributed by atoms with Crippen molar-refractivity contribution >= 4 is 40.5 Å². The molecule has 0 amide bonds. The van der Waals surface area contributed by atoms with Crippen molar-refractivity contribution in [2.75, 3.05) is 18.5 Å². The maximum atomic E-state index is 13.8. The van der Waals surface area contributed by atoms with Gasteiger partial charge in [-0.05, 0) is 55.2 Å². The Morgan fingerprint density at radius 1 is 1.24 bits per heavy atom. The highest BCUT2D eigenvalue weighted by atomic mass is 35.5. The summed E-state index contributed by atoms with van der Waals surface area (Å²) in [6.45, 7) is 0.946. The van der Waals surface area contributed by atoms with Gasteiger partial charge < -0.3 is 19.9 Å². The normalized spacial score (nSPS) is 16.3. The van der Waals surface area contributed by atoms with Crippen molar-refractivity contribution in [1.82, 2.24) is 0 Å². The van der Waals surface area contributed by atoms with Crippen molar-refractivity contribution in [3.8, 4) is 5.75 Å². The van der Waals surface area contributed by atoms with Gasteiger partial charge in [0, 0.05) is 18.6 Å². The molecule has 5 nitrogen and oxygen atoms in total. The van der Waals surface area contributed by atoms with Gasteiger partial charge in [0.25, 0.3) is 0 Å². The number of benzene rings is 2. The molecule has 2 aromatic carbocycles. The molecule has 0 bridgehead atoms. The molecule has 3 rings (SSSR count). The first-order valence-corrected chi connectivity index (χ1v) is 11.2. The van der Waals surface area contributed by atoms with Crippen LogP contribution in [-0.4, -0.2) is 35.4 Å². The maximum Gasteiger partial charge on any atom is 0.417 e. The van der Waals surface area contributed by atoms with Gasteiger partial charge in [-0.25, -0.2) is 0 Å². The number of halogens is 4. The fraction of sp³-hybridized carbons (Fsp3) is 0.391. The number of anilines is 1. The first-order chi connectivity index (χ1) is 15.6. The van der Waals surface area contributed by atoms with Crippen molar-refractivity contribution in [3.63, 3.8) is 0 Å². The summed E-state index contributed by atoms with van der Waals surface area (Å²) in [6.07, 6.45) is -1.23. The predicted molar refractivity (Wildman–Crippen MR) is 123 cm³/mol. The minimum atomic E-state index is -4.66.